The van der Waals surface area contributed by atoms with Gasteiger partial charge in [0.15, 0.2) is 0 Å². The number of nitrogens with zero attached hydrogens (tertiary/aromatic N) is 1. The van der Waals surface area contributed by atoms with Gasteiger partial charge in [0.05, 0.1) is 35.8 Å². The second-order valence-electron chi connectivity index (χ2n) is 6.16. The molecule has 1 aromatic rings. The van der Waals surface area contributed by atoms with Crippen LogP contribution < -0.4 is 10.6 Å². The Morgan fingerprint density at radius 1 is 1.17 bits per heavy atom. The zero-order chi connectivity index (χ0) is 16.9. The Hall–Kier alpha value is -1.63. The third-order valence-electron chi connectivity index (χ3n) is 4.43. The van der Waals surface area contributed by atoms with Crippen LogP contribution in [0, 0.1) is 11.8 Å². The highest BCUT2D eigenvalue weighted by Crippen LogP contribution is 2.39. The Morgan fingerprint density at radius 2 is 1.88 bits per heavy atom. The van der Waals surface area contributed by atoms with Crippen molar-refractivity contribution in [1.82, 2.24) is 10.2 Å². The lowest BCUT2D eigenvalue weighted by molar-refractivity contribution is -0.125. The lowest BCUT2D eigenvalue weighted by Gasteiger charge is -2.26. The molecule has 2 amide bonds. The number of carbonyl (C=O) groups excluding carboxylic acids is 2. The summed E-state index contributed by atoms with van der Waals surface area (Å²) in [5, 5.41) is 6.21. The van der Waals surface area contributed by atoms with E-state index in [0.717, 1.165) is 32.8 Å². The normalized spacial score (nSPS) is 23.5. The van der Waals surface area contributed by atoms with Crippen LogP contribution in [0.4, 0.5) is 5.69 Å². The fraction of sp³-hybridized carbons (Fsp3) is 0.529. The van der Waals surface area contributed by atoms with Crippen LogP contribution >= 0.6 is 11.6 Å². The molecule has 2 atom stereocenters. The Bertz CT molecular complexity index is 604. The topological polar surface area (TPSA) is 70.7 Å². The molecule has 1 aliphatic heterocycles. The fourth-order valence-corrected chi connectivity index (χ4v) is 3.04. The average molecular weight is 352 g/mol. The van der Waals surface area contributed by atoms with Crippen molar-refractivity contribution in [2.75, 3.05) is 44.7 Å². The van der Waals surface area contributed by atoms with Gasteiger partial charge in [0, 0.05) is 26.2 Å². The van der Waals surface area contributed by atoms with Crippen molar-refractivity contribution in [3.8, 4) is 0 Å². The van der Waals surface area contributed by atoms with Crippen molar-refractivity contribution < 1.29 is 14.3 Å². The second kappa shape index (κ2) is 7.96. The van der Waals surface area contributed by atoms with Crippen molar-refractivity contribution in [2.45, 2.75) is 6.42 Å². The number of ether oxygens (including phenoxy) is 1. The maximum absolute atomic E-state index is 12.2. The first-order valence-corrected chi connectivity index (χ1v) is 8.66. The average Bonchev–Trinajstić information content (AvgIpc) is 3.39. The maximum Gasteiger partial charge on any atom is 0.228 e. The predicted molar refractivity (Wildman–Crippen MR) is 91.9 cm³/mol. The summed E-state index contributed by atoms with van der Waals surface area (Å²) in [5.74, 6) is -0.666. The molecular weight excluding hydrogens is 330 g/mol. The summed E-state index contributed by atoms with van der Waals surface area (Å²) >= 11 is 6.03. The molecule has 2 fully saturated rings. The first-order valence-electron chi connectivity index (χ1n) is 8.28. The molecule has 0 radical (unpaired) electrons. The minimum atomic E-state index is -0.260. The van der Waals surface area contributed by atoms with Gasteiger partial charge in [0.2, 0.25) is 11.8 Å². The smallest absolute Gasteiger partial charge is 0.228 e. The number of carbonyl (C=O) groups is 2. The van der Waals surface area contributed by atoms with E-state index in [1.165, 1.54) is 0 Å². The molecule has 1 aliphatic carbocycles. The fourth-order valence-electron chi connectivity index (χ4n) is 2.86. The number of rotatable bonds is 6. The Morgan fingerprint density at radius 3 is 2.62 bits per heavy atom. The van der Waals surface area contributed by atoms with E-state index in [1.807, 2.05) is 6.07 Å². The van der Waals surface area contributed by atoms with E-state index in [2.05, 4.69) is 15.5 Å². The summed E-state index contributed by atoms with van der Waals surface area (Å²) in [6, 6.07) is 7.09. The third-order valence-corrected chi connectivity index (χ3v) is 4.76. The number of morpholine rings is 1. The summed E-state index contributed by atoms with van der Waals surface area (Å²) in [5.41, 5.74) is 0.586. The number of hydrogen-bond acceptors (Lipinski definition) is 4. The second-order valence-corrected chi connectivity index (χ2v) is 6.57. The van der Waals surface area contributed by atoms with Crippen LogP contribution in [0.15, 0.2) is 24.3 Å². The third kappa shape index (κ3) is 4.47. The number of anilines is 1. The molecule has 2 aliphatic rings. The van der Waals surface area contributed by atoms with E-state index in [4.69, 9.17) is 16.3 Å². The standard InChI is InChI=1S/C17H22ClN3O3/c18-14-3-1-2-4-15(14)20-17(23)13-11-12(13)16(22)19-5-6-21-7-9-24-10-8-21/h1-4,12-13H,5-11H2,(H,19,22)(H,20,23). The molecule has 1 heterocycles. The van der Waals surface area contributed by atoms with Gasteiger partial charge >= 0.3 is 0 Å². The Kier molecular flexibility index (Phi) is 5.71. The van der Waals surface area contributed by atoms with E-state index < -0.39 is 0 Å². The van der Waals surface area contributed by atoms with Crippen LogP contribution in [0.2, 0.25) is 5.02 Å². The van der Waals surface area contributed by atoms with E-state index in [1.54, 1.807) is 18.2 Å². The summed E-state index contributed by atoms with van der Waals surface area (Å²) in [6.45, 7) is 4.73. The minimum absolute atomic E-state index is 0.0393. The van der Waals surface area contributed by atoms with Gasteiger partial charge in [-0.15, -0.1) is 0 Å². The molecule has 2 N–H and O–H groups in total. The number of para-hydroxylation sites is 1. The number of amides is 2. The maximum atomic E-state index is 12.2. The van der Waals surface area contributed by atoms with Crippen LogP contribution in [0.25, 0.3) is 0 Å². The van der Waals surface area contributed by atoms with Crippen LogP contribution in [0.1, 0.15) is 6.42 Å². The molecule has 0 aromatic heterocycles. The van der Waals surface area contributed by atoms with Crippen molar-refractivity contribution >= 4 is 29.1 Å². The van der Waals surface area contributed by atoms with Gasteiger partial charge < -0.3 is 15.4 Å². The van der Waals surface area contributed by atoms with Crippen LogP contribution in [0.5, 0.6) is 0 Å². The monoisotopic (exact) mass is 351 g/mol. The van der Waals surface area contributed by atoms with Crippen molar-refractivity contribution in [3.05, 3.63) is 29.3 Å². The van der Waals surface area contributed by atoms with E-state index >= 15 is 0 Å². The molecule has 24 heavy (non-hydrogen) atoms. The largest absolute Gasteiger partial charge is 0.379 e. The molecule has 2 unspecified atom stereocenters. The molecule has 1 saturated heterocycles. The van der Waals surface area contributed by atoms with Gasteiger partial charge in [-0.3, -0.25) is 14.5 Å². The van der Waals surface area contributed by atoms with E-state index in [0.29, 0.717) is 23.7 Å². The number of halogens is 1. The molecule has 0 spiro atoms. The zero-order valence-corrected chi connectivity index (χ0v) is 14.2. The summed E-state index contributed by atoms with van der Waals surface area (Å²) in [7, 11) is 0. The summed E-state index contributed by atoms with van der Waals surface area (Å²) in [6.07, 6.45) is 0.597. The molecule has 0 bridgehead atoms. The molecule has 6 nitrogen and oxygen atoms in total. The highest BCUT2D eigenvalue weighted by molar-refractivity contribution is 6.33. The quantitative estimate of drug-likeness (QED) is 0.812. The highest BCUT2D eigenvalue weighted by atomic mass is 35.5. The molecule has 130 valence electrons. The van der Waals surface area contributed by atoms with Gasteiger partial charge in [-0.1, -0.05) is 23.7 Å². The molecule has 3 rings (SSSR count). The zero-order valence-electron chi connectivity index (χ0n) is 13.5. The lowest BCUT2D eigenvalue weighted by Crippen LogP contribution is -2.41. The van der Waals surface area contributed by atoms with Crippen LogP contribution in [-0.4, -0.2) is 56.1 Å². The van der Waals surface area contributed by atoms with Gasteiger partial charge in [0.25, 0.3) is 0 Å². The van der Waals surface area contributed by atoms with E-state index in [-0.39, 0.29) is 23.7 Å². The van der Waals surface area contributed by atoms with Gasteiger partial charge in [-0.05, 0) is 18.6 Å². The number of benzene rings is 1. The number of nitrogens with one attached hydrogen (secondary N) is 2. The van der Waals surface area contributed by atoms with Gasteiger partial charge in [-0.2, -0.15) is 0 Å². The first-order chi connectivity index (χ1) is 11.6. The highest BCUT2D eigenvalue weighted by Gasteiger charge is 2.47. The SMILES string of the molecule is O=C(NCCN1CCOCC1)C1CC1C(=O)Nc1ccccc1Cl. The first kappa shape index (κ1) is 17.2. The van der Waals surface area contributed by atoms with Gasteiger partial charge in [-0.25, -0.2) is 0 Å². The van der Waals surface area contributed by atoms with Crippen LogP contribution in [-0.2, 0) is 14.3 Å². The lowest BCUT2D eigenvalue weighted by atomic mass is 10.2. The minimum Gasteiger partial charge on any atom is -0.379 e. The Labute approximate surface area is 146 Å². The number of hydrogen-bond donors (Lipinski definition) is 2. The predicted octanol–water partition coefficient (Wildman–Crippen LogP) is 1.36. The van der Waals surface area contributed by atoms with Crippen LogP contribution in [0.3, 0.4) is 0 Å². The molecule has 1 aromatic carbocycles. The summed E-state index contributed by atoms with van der Waals surface area (Å²) in [4.78, 5) is 26.6. The summed E-state index contributed by atoms with van der Waals surface area (Å²) < 4.78 is 5.29. The Balaban J connectivity index is 1.38. The van der Waals surface area contributed by atoms with Crippen molar-refractivity contribution in [2.24, 2.45) is 11.8 Å². The molecule has 7 heteroatoms. The van der Waals surface area contributed by atoms with Crippen molar-refractivity contribution in [1.29, 1.82) is 0 Å². The van der Waals surface area contributed by atoms with Crippen molar-refractivity contribution in [3.63, 3.8) is 0 Å². The molecule has 1 saturated carbocycles. The van der Waals surface area contributed by atoms with E-state index in [9.17, 15) is 9.59 Å². The van der Waals surface area contributed by atoms with Gasteiger partial charge in [0.1, 0.15) is 0 Å². The molecular formula is C17H22ClN3O3.